The van der Waals surface area contributed by atoms with Crippen molar-refractivity contribution >= 4 is 10.8 Å². The molecule has 0 N–H and O–H groups in total. The van der Waals surface area contributed by atoms with E-state index in [1.807, 2.05) is 37.3 Å². The molecule has 2 unspecified atom stereocenters. The minimum Gasteiger partial charge on any atom is -0.254 e. The Morgan fingerprint density at radius 3 is 2.57 bits per heavy atom. The van der Waals surface area contributed by atoms with Crippen molar-refractivity contribution in [2.75, 3.05) is 0 Å². The molecule has 0 aliphatic heterocycles. The van der Waals surface area contributed by atoms with Gasteiger partial charge in [0, 0.05) is 11.3 Å². The fourth-order valence-electron chi connectivity index (χ4n) is 1.22. The van der Waals surface area contributed by atoms with E-state index in [1.165, 1.54) is 0 Å². The van der Waals surface area contributed by atoms with Crippen molar-refractivity contribution in [2.24, 2.45) is 0 Å². The van der Waals surface area contributed by atoms with Crippen LogP contribution in [-0.4, -0.2) is 9.46 Å². The van der Waals surface area contributed by atoms with Crippen LogP contribution in [0, 0.1) is 11.3 Å². The van der Waals surface area contributed by atoms with E-state index in [-0.39, 0.29) is 5.25 Å². The molecule has 0 radical (unpaired) electrons. The van der Waals surface area contributed by atoms with Crippen LogP contribution in [-0.2, 0) is 10.8 Å². The molecule has 1 aromatic rings. The number of nitrogens with zero attached hydrogens (tertiary/aromatic N) is 1. The zero-order chi connectivity index (χ0) is 10.4. The maximum atomic E-state index is 11.9. The smallest absolute Gasteiger partial charge is 0.0634 e. The monoisotopic (exact) mass is 207 g/mol. The van der Waals surface area contributed by atoms with Gasteiger partial charge < -0.3 is 0 Å². The van der Waals surface area contributed by atoms with E-state index in [1.54, 1.807) is 0 Å². The van der Waals surface area contributed by atoms with Gasteiger partial charge in [-0.05, 0) is 18.6 Å². The van der Waals surface area contributed by atoms with Gasteiger partial charge >= 0.3 is 0 Å². The molecule has 0 heterocycles. The third kappa shape index (κ3) is 2.68. The highest BCUT2D eigenvalue weighted by Gasteiger charge is 2.15. The van der Waals surface area contributed by atoms with E-state index < -0.39 is 10.8 Å². The minimum absolute atomic E-state index is 0.0394. The van der Waals surface area contributed by atoms with Gasteiger partial charge in [0.15, 0.2) is 0 Å². The second kappa shape index (κ2) is 5.56. The topological polar surface area (TPSA) is 40.9 Å². The van der Waals surface area contributed by atoms with Gasteiger partial charge in [-0.15, -0.1) is 0 Å². The first-order valence-corrected chi connectivity index (χ1v) is 5.83. The summed E-state index contributed by atoms with van der Waals surface area (Å²) in [5, 5.41) is 8.54. The van der Waals surface area contributed by atoms with E-state index >= 15 is 0 Å². The van der Waals surface area contributed by atoms with Crippen molar-refractivity contribution in [3.8, 4) is 6.07 Å². The molecule has 0 amide bonds. The molecule has 1 aromatic carbocycles. The largest absolute Gasteiger partial charge is 0.254 e. The Morgan fingerprint density at radius 1 is 1.43 bits per heavy atom. The van der Waals surface area contributed by atoms with Crippen LogP contribution in [0.3, 0.4) is 0 Å². The van der Waals surface area contributed by atoms with Crippen molar-refractivity contribution in [3.63, 3.8) is 0 Å². The highest BCUT2D eigenvalue weighted by atomic mass is 32.2. The van der Waals surface area contributed by atoms with Gasteiger partial charge in [-0.3, -0.25) is 4.21 Å². The van der Waals surface area contributed by atoms with Gasteiger partial charge in [-0.1, -0.05) is 25.1 Å². The maximum absolute atomic E-state index is 11.9. The van der Waals surface area contributed by atoms with Gasteiger partial charge in [0.2, 0.25) is 0 Å². The van der Waals surface area contributed by atoms with Crippen LogP contribution in [0.1, 0.15) is 19.8 Å². The van der Waals surface area contributed by atoms with Crippen LogP contribution in [0.4, 0.5) is 0 Å². The van der Waals surface area contributed by atoms with Crippen LogP contribution < -0.4 is 0 Å². The quantitative estimate of drug-likeness (QED) is 0.761. The predicted molar refractivity (Wildman–Crippen MR) is 57.2 cm³/mol. The van der Waals surface area contributed by atoms with Gasteiger partial charge in [-0.2, -0.15) is 5.26 Å². The maximum Gasteiger partial charge on any atom is 0.0634 e. The Bertz CT molecular complexity index is 342. The molecular formula is C11H13NOS. The Balaban J connectivity index is 2.79. The molecule has 74 valence electrons. The number of hydrogen-bond donors (Lipinski definition) is 0. The van der Waals surface area contributed by atoms with Gasteiger partial charge in [0.1, 0.15) is 0 Å². The lowest BCUT2D eigenvalue weighted by molar-refractivity contribution is 0.664. The van der Waals surface area contributed by atoms with Gasteiger partial charge in [-0.25, -0.2) is 0 Å². The van der Waals surface area contributed by atoms with Crippen molar-refractivity contribution in [1.29, 1.82) is 5.26 Å². The van der Waals surface area contributed by atoms with E-state index in [2.05, 4.69) is 6.07 Å². The standard InChI is InChI=1S/C11H13NOS/c1-2-10(8-9-12)14(13)11-6-4-3-5-7-11/h3-7,10H,2,8H2,1H3. The van der Waals surface area contributed by atoms with Crippen LogP contribution in [0.15, 0.2) is 35.2 Å². The third-order valence-electron chi connectivity index (χ3n) is 2.05. The van der Waals surface area contributed by atoms with Crippen molar-refractivity contribution in [3.05, 3.63) is 30.3 Å². The molecule has 3 heteroatoms. The Morgan fingerprint density at radius 2 is 2.07 bits per heavy atom. The zero-order valence-electron chi connectivity index (χ0n) is 8.14. The lowest BCUT2D eigenvalue weighted by Crippen LogP contribution is -2.13. The summed E-state index contributed by atoms with van der Waals surface area (Å²) in [7, 11) is -1.04. The molecule has 1 rings (SSSR count). The van der Waals surface area contributed by atoms with Crippen molar-refractivity contribution < 1.29 is 4.21 Å². The summed E-state index contributed by atoms with van der Waals surface area (Å²) in [6, 6.07) is 11.4. The Kier molecular flexibility index (Phi) is 4.34. The molecule has 0 aromatic heterocycles. The van der Waals surface area contributed by atoms with Crippen molar-refractivity contribution in [2.45, 2.75) is 29.9 Å². The summed E-state index contributed by atoms with van der Waals surface area (Å²) in [5.41, 5.74) is 0. The summed E-state index contributed by atoms with van der Waals surface area (Å²) < 4.78 is 11.9. The summed E-state index contributed by atoms with van der Waals surface area (Å²) in [5.74, 6) is 0. The molecule has 0 fully saturated rings. The molecule has 0 aliphatic carbocycles. The van der Waals surface area contributed by atoms with E-state index in [9.17, 15) is 4.21 Å². The predicted octanol–water partition coefficient (Wildman–Crippen LogP) is 2.49. The molecule has 2 atom stereocenters. The Hall–Kier alpha value is -1.14. The molecule has 0 spiro atoms. The number of benzene rings is 1. The summed E-state index contributed by atoms with van der Waals surface area (Å²) >= 11 is 0. The normalized spacial score (nSPS) is 14.3. The average Bonchev–Trinajstić information content (AvgIpc) is 2.26. The molecule has 0 saturated heterocycles. The number of nitriles is 1. The minimum atomic E-state index is -1.04. The van der Waals surface area contributed by atoms with E-state index in [0.29, 0.717) is 6.42 Å². The average molecular weight is 207 g/mol. The summed E-state index contributed by atoms with van der Waals surface area (Å²) in [4.78, 5) is 0.814. The number of hydrogen-bond acceptors (Lipinski definition) is 2. The fraction of sp³-hybridized carbons (Fsp3) is 0.364. The van der Waals surface area contributed by atoms with Gasteiger partial charge in [0.05, 0.1) is 22.1 Å². The third-order valence-corrected chi connectivity index (χ3v) is 3.89. The zero-order valence-corrected chi connectivity index (χ0v) is 8.96. The van der Waals surface area contributed by atoms with Crippen LogP contribution in [0.25, 0.3) is 0 Å². The fourth-order valence-corrected chi connectivity index (χ4v) is 2.56. The Labute approximate surface area is 87.0 Å². The molecule has 0 saturated carbocycles. The molecule has 0 aliphatic rings. The first kappa shape index (κ1) is 10.9. The van der Waals surface area contributed by atoms with Crippen molar-refractivity contribution in [1.82, 2.24) is 0 Å². The molecule has 14 heavy (non-hydrogen) atoms. The highest BCUT2D eigenvalue weighted by molar-refractivity contribution is 7.85. The van der Waals surface area contributed by atoms with E-state index in [4.69, 9.17) is 5.26 Å². The first-order chi connectivity index (χ1) is 6.79. The lowest BCUT2D eigenvalue weighted by atomic mass is 10.3. The highest BCUT2D eigenvalue weighted by Crippen LogP contribution is 2.15. The molecular weight excluding hydrogens is 194 g/mol. The first-order valence-electron chi connectivity index (χ1n) is 4.62. The van der Waals surface area contributed by atoms with Crippen LogP contribution >= 0.6 is 0 Å². The summed E-state index contributed by atoms with van der Waals surface area (Å²) in [6.07, 6.45) is 1.13. The second-order valence-electron chi connectivity index (χ2n) is 3.00. The molecule has 2 nitrogen and oxygen atoms in total. The van der Waals surface area contributed by atoms with E-state index in [0.717, 1.165) is 11.3 Å². The second-order valence-corrected chi connectivity index (χ2v) is 4.74. The van der Waals surface area contributed by atoms with Crippen LogP contribution in [0.2, 0.25) is 0 Å². The number of rotatable bonds is 4. The summed E-state index contributed by atoms with van der Waals surface area (Å²) in [6.45, 7) is 1.96. The van der Waals surface area contributed by atoms with Gasteiger partial charge in [0.25, 0.3) is 0 Å². The SMILES string of the molecule is CCC(CC#N)S(=O)c1ccccc1. The molecule has 0 bridgehead atoms. The lowest BCUT2D eigenvalue weighted by Gasteiger charge is -2.10. The van der Waals surface area contributed by atoms with Crippen LogP contribution in [0.5, 0.6) is 0 Å².